The molecule has 1 fully saturated rings. The molecule has 0 saturated carbocycles. The van der Waals surface area contributed by atoms with Gasteiger partial charge in [-0.1, -0.05) is 12.1 Å². The topological polar surface area (TPSA) is 41.6 Å². The number of carbonyl (C=O) groups is 1. The van der Waals surface area contributed by atoms with E-state index in [1.165, 1.54) is 12.8 Å². The summed E-state index contributed by atoms with van der Waals surface area (Å²) >= 11 is 0. The van der Waals surface area contributed by atoms with E-state index in [1.54, 1.807) is 0 Å². The second-order valence-electron chi connectivity index (χ2n) is 4.84. The van der Waals surface area contributed by atoms with Gasteiger partial charge in [0.1, 0.15) is 5.75 Å². The van der Waals surface area contributed by atoms with Crippen molar-refractivity contribution in [3.63, 3.8) is 0 Å². The van der Waals surface area contributed by atoms with E-state index in [1.807, 2.05) is 38.1 Å². The molecule has 1 N–H and O–H groups in total. The average molecular weight is 262 g/mol. The van der Waals surface area contributed by atoms with E-state index < -0.39 is 0 Å². The van der Waals surface area contributed by atoms with E-state index in [2.05, 4.69) is 10.2 Å². The summed E-state index contributed by atoms with van der Waals surface area (Å²) in [6.07, 6.45) is 2.38. The molecule has 104 valence electrons. The maximum Gasteiger partial charge on any atom is 0.241 e. The number of hydrogen-bond acceptors (Lipinski definition) is 3. The zero-order valence-electron chi connectivity index (χ0n) is 11.7. The SMILES string of the molecule is CCOc1ccccc1NC(=O)[C@H](C)N1CCCC1. The minimum Gasteiger partial charge on any atom is -0.492 e. The lowest BCUT2D eigenvalue weighted by molar-refractivity contribution is -0.120. The average Bonchev–Trinajstić information content (AvgIpc) is 2.94. The van der Waals surface area contributed by atoms with Crippen molar-refractivity contribution in [1.82, 2.24) is 4.90 Å². The van der Waals surface area contributed by atoms with Crippen molar-refractivity contribution in [2.45, 2.75) is 32.7 Å². The van der Waals surface area contributed by atoms with Crippen LogP contribution in [-0.2, 0) is 4.79 Å². The predicted octanol–water partition coefficient (Wildman–Crippen LogP) is 2.51. The quantitative estimate of drug-likeness (QED) is 0.886. The molecule has 1 aromatic carbocycles. The Morgan fingerprint density at radius 3 is 2.74 bits per heavy atom. The number of likely N-dealkylation sites (tertiary alicyclic amines) is 1. The first-order valence-electron chi connectivity index (χ1n) is 6.99. The van der Waals surface area contributed by atoms with Crippen molar-refractivity contribution in [3.8, 4) is 5.75 Å². The van der Waals surface area contributed by atoms with Gasteiger partial charge in [0.05, 0.1) is 18.3 Å². The number of anilines is 1. The first kappa shape index (κ1) is 13.9. The van der Waals surface area contributed by atoms with Crippen LogP contribution in [0.2, 0.25) is 0 Å². The maximum absolute atomic E-state index is 12.2. The number of rotatable bonds is 5. The van der Waals surface area contributed by atoms with Gasteiger partial charge < -0.3 is 10.1 Å². The third-order valence-electron chi connectivity index (χ3n) is 3.51. The van der Waals surface area contributed by atoms with Crippen molar-refractivity contribution in [1.29, 1.82) is 0 Å². The number of nitrogens with zero attached hydrogens (tertiary/aromatic N) is 1. The predicted molar refractivity (Wildman–Crippen MR) is 76.5 cm³/mol. The summed E-state index contributed by atoms with van der Waals surface area (Å²) in [4.78, 5) is 14.5. The molecular formula is C15H22N2O2. The smallest absolute Gasteiger partial charge is 0.241 e. The van der Waals surface area contributed by atoms with Crippen LogP contribution >= 0.6 is 0 Å². The van der Waals surface area contributed by atoms with Gasteiger partial charge in [-0.2, -0.15) is 0 Å². The zero-order chi connectivity index (χ0) is 13.7. The number of para-hydroxylation sites is 2. The molecule has 1 aliphatic heterocycles. The Morgan fingerprint density at radius 2 is 2.05 bits per heavy atom. The Labute approximate surface area is 114 Å². The summed E-state index contributed by atoms with van der Waals surface area (Å²) in [5, 5.41) is 2.97. The molecule has 0 unspecified atom stereocenters. The highest BCUT2D eigenvalue weighted by atomic mass is 16.5. The van der Waals surface area contributed by atoms with E-state index in [-0.39, 0.29) is 11.9 Å². The minimum atomic E-state index is -0.0859. The second-order valence-corrected chi connectivity index (χ2v) is 4.84. The lowest BCUT2D eigenvalue weighted by Crippen LogP contribution is -2.40. The summed E-state index contributed by atoms with van der Waals surface area (Å²) in [6, 6.07) is 7.47. The van der Waals surface area contributed by atoms with Gasteiger partial charge in [-0.05, 0) is 51.9 Å². The molecule has 4 nitrogen and oxygen atoms in total. The minimum absolute atomic E-state index is 0.0362. The molecule has 2 rings (SSSR count). The van der Waals surface area contributed by atoms with Gasteiger partial charge >= 0.3 is 0 Å². The van der Waals surface area contributed by atoms with E-state index in [9.17, 15) is 4.79 Å². The second kappa shape index (κ2) is 6.57. The molecule has 19 heavy (non-hydrogen) atoms. The van der Waals surface area contributed by atoms with Gasteiger partial charge in [-0.3, -0.25) is 9.69 Å². The van der Waals surface area contributed by atoms with Gasteiger partial charge in [-0.25, -0.2) is 0 Å². The Morgan fingerprint density at radius 1 is 1.37 bits per heavy atom. The molecule has 0 radical (unpaired) electrons. The fraction of sp³-hybridized carbons (Fsp3) is 0.533. The van der Waals surface area contributed by atoms with Crippen LogP contribution in [0.4, 0.5) is 5.69 Å². The van der Waals surface area contributed by atoms with Crippen LogP contribution in [0.25, 0.3) is 0 Å². The molecule has 1 aliphatic rings. The molecule has 0 bridgehead atoms. The number of nitrogens with one attached hydrogen (secondary N) is 1. The maximum atomic E-state index is 12.2. The molecule has 1 heterocycles. The van der Waals surface area contributed by atoms with Crippen LogP contribution < -0.4 is 10.1 Å². The van der Waals surface area contributed by atoms with Gasteiger partial charge in [-0.15, -0.1) is 0 Å². The summed E-state index contributed by atoms with van der Waals surface area (Å²) in [5.74, 6) is 0.765. The Kier molecular flexibility index (Phi) is 4.80. The lowest BCUT2D eigenvalue weighted by atomic mass is 10.2. The molecule has 1 aromatic rings. The van der Waals surface area contributed by atoms with E-state index in [0.717, 1.165) is 24.5 Å². The monoisotopic (exact) mass is 262 g/mol. The van der Waals surface area contributed by atoms with Crippen molar-refractivity contribution in [2.75, 3.05) is 25.0 Å². The summed E-state index contributed by atoms with van der Waals surface area (Å²) in [6.45, 7) is 6.52. The van der Waals surface area contributed by atoms with Crippen LogP contribution in [0.1, 0.15) is 26.7 Å². The third-order valence-corrected chi connectivity index (χ3v) is 3.51. The standard InChI is InChI=1S/C15H22N2O2/c1-3-19-14-9-5-4-8-13(14)16-15(18)12(2)17-10-6-7-11-17/h4-5,8-9,12H,3,6-7,10-11H2,1-2H3,(H,16,18)/t12-/m0/s1. The van der Waals surface area contributed by atoms with Gasteiger partial charge in [0, 0.05) is 0 Å². The van der Waals surface area contributed by atoms with Crippen molar-refractivity contribution in [2.24, 2.45) is 0 Å². The van der Waals surface area contributed by atoms with Crippen LogP contribution in [-0.4, -0.2) is 36.5 Å². The van der Waals surface area contributed by atoms with Crippen LogP contribution in [0, 0.1) is 0 Å². The lowest BCUT2D eigenvalue weighted by Gasteiger charge is -2.23. The van der Waals surface area contributed by atoms with Crippen LogP contribution in [0.15, 0.2) is 24.3 Å². The molecule has 4 heteroatoms. The van der Waals surface area contributed by atoms with Crippen molar-refractivity contribution >= 4 is 11.6 Å². The molecular weight excluding hydrogens is 240 g/mol. The highest BCUT2D eigenvalue weighted by Gasteiger charge is 2.24. The molecule has 1 saturated heterocycles. The molecule has 1 amide bonds. The van der Waals surface area contributed by atoms with Crippen LogP contribution in [0.5, 0.6) is 5.75 Å². The Hall–Kier alpha value is -1.55. The van der Waals surface area contributed by atoms with E-state index >= 15 is 0 Å². The number of carbonyl (C=O) groups excluding carboxylic acids is 1. The van der Waals surface area contributed by atoms with E-state index in [0.29, 0.717) is 6.61 Å². The highest BCUT2D eigenvalue weighted by Crippen LogP contribution is 2.24. The van der Waals surface area contributed by atoms with Crippen molar-refractivity contribution < 1.29 is 9.53 Å². The summed E-state index contributed by atoms with van der Waals surface area (Å²) in [7, 11) is 0. The summed E-state index contributed by atoms with van der Waals surface area (Å²) < 4.78 is 5.51. The fourth-order valence-electron chi connectivity index (χ4n) is 2.38. The first-order valence-corrected chi connectivity index (χ1v) is 6.99. The van der Waals surface area contributed by atoms with Gasteiger partial charge in [0.25, 0.3) is 0 Å². The Balaban J connectivity index is 2.01. The number of ether oxygens (including phenoxy) is 1. The number of hydrogen-bond donors (Lipinski definition) is 1. The third kappa shape index (κ3) is 3.47. The van der Waals surface area contributed by atoms with Gasteiger partial charge in [0.15, 0.2) is 0 Å². The fourth-order valence-corrected chi connectivity index (χ4v) is 2.38. The molecule has 0 aliphatic carbocycles. The highest BCUT2D eigenvalue weighted by molar-refractivity contribution is 5.95. The molecule has 0 spiro atoms. The Bertz CT molecular complexity index is 428. The van der Waals surface area contributed by atoms with Gasteiger partial charge in [0.2, 0.25) is 5.91 Å². The largest absolute Gasteiger partial charge is 0.492 e. The summed E-state index contributed by atoms with van der Waals surface area (Å²) in [5.41, 5.74) is 0.750. The number of amides is 1. The first-order chi connectivity index (χ1) is 9.22. The molecule has 1 atom stereocenters. The number of benzene rings is 1. The van der Waals surface area contributed by atoms with Crippen molar-refractivity contribution in [3.05, 3.63) is 24.3 Å². The normalized spacial score (nSPS) is 17.2. The zero-order valence-corrected chi connectivity index (χ0v) is 11.7. The van der Waals surface area contributed by atoms with Crippen LogP contribution in [0.3, 0.4) is 0 Å². The van der Waals surface area contributed by atoms with E-state index in [4.69, 9.17) is 4.74 Å². The molecule has 0 aromatic heterocycles.